The van der Waals surface area contributed by atoms with Gasteiger partial charge in [0.25, 0.3) is 0 Å². The lowest BCUT2D eigenvalue weighted by Gasteiger charge is -2.11. The number of carbonyl (C=O) groups is 1. The van der Waals surface area contributed by atoms with E-state index in [0.717, 1.165) is 10.7 Å². The summed E-state index contributed by atoms with van der Waals surface area (Å²) >= 11 is 5.18. The number of hydrogen-bond acceptors (Lipinski definition) is 4. The number of thiocarbonyl (C=S) groups is 1. The number of hydrogen-bond donors (Lipinski definition) is 2. The molecule has 17 heavy (non-hydrogen) atoms. The summed E-state index contributed by atoms with van der Waals surface area (Å²) in [4.78, 5) is 19.3. The standard InChI is InChI=1S/C11H16N4OS/c1-8(4-10(12)16)5-11(17)14-6-9-2-3-13-7-15-9/h2-3,7-8H,4-6H2,1H3,(H2,12,16)(H,14,17)/t8-/m1/s1. The van der Waals surface area contributed by atoms with Crippen LogP contribution in [0.4, 0.5) is 0 Å². The van der Waals surface area contributed by atoms with Gasteiger partial charge in [-0.1, -0.05) is 19.1 Å². The maximum atomic E-state index is 10.7. The highest BCUT2D eigenvalue weighted by molar-refractivity contribution is 7.80. The van der Waals surface area contributed by atoms with Gasteiger partial charge >= 0.3 is 0 Å². The zero-order chi connectivity index (χ0) is 12.7. The molecule has 0 aliphatic rings. The van der Waals surface area contributed by atoms with Crippen LogP contribution in [0.25, 0.3) is 0 Å². The van der Waals surface area contributed by atoms with Crippen LogP contribution in [-0.2, 0) is 11.3 Å². The van der Waals surface area contributed by atoms with Gasteiger partial charge in [-0.15, -0.1) is 0 Å². The van der Waals surface area contributed by atoms with Crippen LogP contribution in [0, 0.1) is 5.92 Å². The van der Waals surface area contributed by atoms with Crippen LogP contribution in [0.15, 0.2) is 18.6 Å². The van der Waals surface area contributed by atoms with Crippen molar-refractivity contribution < 1.29 is 4.79 Å². The molecular weight excluding hydrogens is 236 g/mol. The van der Waals surface area contributed by atoms with E-state index in [4.69, 9.17) is 18.0 Å². The highest BCUT2D eigenvalue weighted by atomic mass is 32.1. The number of nitrogens with two attached hydrogens (primary N) is 1. The highest BCUT2D eigenvalue weighted by Gasteiger charge is 2.08. The van der Waals surface area contributed by atoms with Crippen molar-refractivity contribution in [2.45, 2.75) is 26.3 Å². The van der Waals surface area contributed by atoms with Crippen molar-refractivity contribution in [3.63, 3.8) is 0 Å². The van der Waals surface area contributed by atoms with Crippen LogP contribution >= 0.6 is 12.2 Å². The first-order valence-corrected chi connectivity index (χ1v) is 5.78. The molecule has 6 heteroatoms. The van der Waals surface area contributed by atoms with Gasteiger partial charge in [-0.2, -0.15) is 0 Å². The minimum absolute atomic E-state index is 0.165. The number of rotatable bonds is 6. The van der Waals surface area contributed by atoms with Gasteiger partial charge < -0.3 is 11.1 Å². The number of amides is 1. The second-order valence-corrected chi connectivity index (χ2v) is 4.45. The van der Waals surface area contributed by atoms with E-state index < -0.39 is 0 Å². The number of nitrogens with zero attached hydrogens (tertiary/aromatic N) is 2. The van der Waals surface area contributed by atoms with Crippen molar-refractivity contribution in [1.82, 2.24) is 15.3 Å². The predicted molar refractivity (Wildman–Crippen MR) is 69.1 cm³/mol. The summed E-state index contributed by atoms with van der Waals surface area (Å²) in [6.45, 7) is 2.52. The van der Waals surface area contributed by atoms with E-state index in [-0.39, 0.29) is 11.8 Å². The summed E-state index contributed by atoms with van der Waals surface area (Å²) < 4.78 is 0. The van der Waals surface area contributed by atoms with E-state index in [1.807, 2.05) is 13.0 Å². The third kappa shape index (κ3) is 5.91. The van der Waals surface area contributed by atoms with E-state index in [0.29, 0.717) is 19.4 Å². The Balaban J connectivity index is 2.28. The number of carbonyl (C=O) groups excluding carboxylic acids is 1. The number of nitrogens with one attached hydrogen (secondary N) is 1. The van der Waals surface area contributed by atoms with Crippen LogP contribution in [0.2, 0.25) is 0 Å². The first-order valence-electron chi connectivity index (χ1n) is 5.38. The van der Waals surface area contributed by atoms with Crippen molar-refractivity contribution in [3.05, 3.63) is 24.3 Å². The molecule has 0 radical (unpaired) electrons. The second-order valence-electron chi connectivity index (χ2n) is 3.96. The molecule has 3 N–H and O–H groups in total. The van der Waals surface area contributed by atoms with Crippen LogP contribution in [0.1, 0.15) is 25.5 Å². The number of aromatic nitrogens is 2. The summed E-state index contributed by atoms with van der Waals surface area (Å²) in [5.74, 6) is -0.131. The summed E-state index contributed by atoms with van der Waals surface area (Å²) in [7, 11) is 0. The molecule has 1 rings (SSSR count). The van der Waals surface area contributed by atoms with E-state index >= 15 is 0 Å². The molecule has 1 aromatic rings. The molecule has 0 saturated carbocycles. The molecule has 0 aromatic carbocycles. The average molecular weight is 252 g/mol. The van der Waals surface area contributed by atoms with Crippen molar-refractivity contribution >= 4 is 23.1 Å². The molecule has 1 aromatic heterocycles. The van der Waals surface area contributed by atoms with Crippen LogP contribution in [0.5, 0.6) is 0 Å². The molecule has 0 fully saturated rings. The van der Waals surface area contributed by atoms with Gasteiger partial charge in [-0.3, -0.25) is 4.79 Å². The first kappa shape index (κ1) is 13.5. The summed E-state index contributed by atoms with van der Waals surface area (Å²) in [6.07, 6.45) is 4.19. The Morgan fingerprint density at radius 1 is 1.59 bits per heavy atom. The van der Waals surface area contributed by atoms with Gasteiger partial charge in [0.15, 0.2) is 0 Å². The Hall–Kier alpha value is -1.56. The maximum Gasteiger partial charge on any atom is 0.217 e. The molecule has 1 amide bonds. The average Bonchev–Trinajstić information content (AvgIpc) is 2.26. The van der Waals surface area contributed by atoms with Gasteiger partial charge in [-0.05, 0) is 12.0 Å². The normalized spacial score (nSPS) is 11.8. The summed E-state index contributed by atoms with van der Waals surface area (Å²) in [6, 6.07) is 1.82. The molecule has 0 saturated heterocycles. The molecular formula is C11H16N4OS. The molecule has 0 aliphatic heterocycles. The van der Waals surface area contributed by atoms with E-state index in [1.165, 1.54) is 6.33 Å². The van der Waals surface area contributed by atoms with Crippen molar-refractivity contribution in [1.29, 1.82) is 0 Å². The van der Waals surface area contributed by atoms with Crippen molar-refractivity contribution in [2.75, 3.05) is 0 Å². The number of primary amides is 1. The lowest BCUT2D eigenvalue weighted by atomic mass is 10.0. The fourth-order valence-corrected chi connectivity index (χ4v) is 1.77. The molecule has 1 atom stereocenters. The topological polar surface area (TPSA) is 80.9 Å². The largest absolute Gasteiger partial charge is 0.374 e. The summed E-state index contributed by atoms with van der Waals surface area (Å²) in [5.41, 5.74) is 5.99. The Morgan fingerprint density at radius 2 is 2.35 bits per heavy atom. The van der Waals surface area contributed by atoms with Crippen LogP contribution in [-0.4, -0.2) is 20.9 Å². The zero-order valence-electron chi connectivity index (χ0n) is 9.72. The molecule has 0 aliphatic carbocycles. The van der Waals surface area contributed by atoms with Crippen LogP contribution in [0.3, 0.4) is 0 Å². The molecule has 92 valence electrons. The predicted octanol–water partition coefficient (Wildman–Crippen LogP) is 0.795. The molecule has 0 unspecified atom stereocenters. The van der Waals surface area contributed by atoms with Gasteiger partial charge in [0.2, 0.25) is 5.91 Å². The quantitative estimate of drug-likeness (QED) is 0.732. The van der Waals surface area contributed by atoms with Crippen LogP contribution < -0.4 is 11.1 Å². The molecule has 5 nitrogen and oxygen atoms in total. The third-order valence-corrected chi connectivity index (χ3v) is 2.50. The Labute approximate surface area is 106 Å². The monoisotopic (exact) mass is 252 g/mol. The third-order valence-electron chi connectivity index (χ3n) is 2.19. The molecule has 0 spiro atoms. The Kier molecular flexibility index (Phi) is 5.48. The second kappa shape index (κ2) is 6.90. The first-order chi connectivity index (χ1) is 8.08. The zero-order valence-corrected chi connectivity index (χ0v) is 10.5. The lowest BCUT2D eigenvalue weighted by molar-refractivity contribution is -0.118. The Bertz CT molecular complexity index is 382. The minimum atomic E-state index is -0.295. The Morgan fingerprint density at radius 3 is 2.94 bits per heavy atom. The van der Waals surface area contributed by atoms with E-state index in [2.05, 4.69) is 15.3 Å². The maximum absolute atomic E-state index is 10.7. The van der Waals surface area contributed by atoms with Crippen molar-refractivity contribution in [2.24, 2.45) is 11.7 Å². The molecule has 1 heterocycles. The van der Waals surface area contributed by atoms with E-state index in [9.17, 15) is 4.79 Å². The van der Waals surface area contributed by atoms with Gasteiger partial charge in [-0.25, -0.2) is 9.97 Å². The highest BCUT2D eigenvalue weighted by Crippen LogP contribution is 2.07. The smallest absolute Gasteiger partial charge is 0.217 e. The summed E-state index contributed by atoms with van der Waals surface area (Å²) in [5, 5.41) is 3.09. The lowest BCUT2D eigenvalue weighted by Crippen LogP contribution is -2.25. The van der Waals surface area contributed by atoms with Gasteiger partial charge in [0.1, 0.15) is 6.33 Å². The fraction of sp³-hybridized carbons (Fsp3) is 0.455. The fourth-order valence-electron chi connectivity index (χ4n) is 1.42. The van der Waals surface area contributed by atoms with Gasteiger partial charge in [0.05, 0.1) is 17.2 Å². The van der Waals surface area contributed by atoms with E-state index in [1.54, 1.807) is 6.20 Å². The van der Waals surface area contributed by atoms with Gasteiger partial charge in [0, 0.05) is 19.0 Å². The van der Waals surface area contributed by atoms with Crippen molar-refractivity contribution in [3.8, 4) is 0 Å². The SMILES string of the molecule is C[C@H](CC(N)=O)CC(=S)NCc1ccncn1. The minimum Gasteiger partial charge on any atom is -0.374 e. The molecule has 0 bridgehead atoms.